The van der Waals surface area contributed by atoms with E-state index in [2.05, 4.69) is 85.7 Å². The molecule has 2 fully saturated rings. The summed E-state index contributed by atoms with van der Waals surface area (Å²) >= 11 is 0. The summed E-state index contributed by atoms with van der Waals surface area (Å²) in [6, 6.07) is 26.2. The zero-order valence-corrected chi connectivity index (χ0v) is 28.9. The first-order valence-electron chi connectivity index (χ1n) is 17.4. The molecule has 49 heavy (non-hydrogen) atoms. The Morgan fingerprint density at radius 3 is 2.22 bits per heavy atom. The molecule has 2 aliphatic heterocycles. The Hall–Kier alpha value is -4.61. The topological polar surface area (TPSA) is 99.9 Å². The summed E-state index contributed by atoms with van der Waals surface area (Å²) in [6.07, 6.45) is 3.99. The summed E-state index contributed by atoms with van der Waals surface area (Å²) in [5.41, 5.74) is 2.99. The maximum Gasteiger partial charge on any atom is 0.257 e. The molecule has 4 aromatic rings. The van der Waals surface area contributed by atoms with E-state index in [4.69, 9.17) is 4.74 Å². The average molecular weight is 665 g/mol. The van der Waals surface area contributed by atoms with Gasteiger partial charge in [-0.25, -0.2) is 4.68 Å². The first-order valence-corrected chi connectivity index (χ1v) is 17.4. The molecule has 2 saturated heterocycles. The number of tetrazole rings is 1. The predicted molar refractivity (Wildman–Crippen MR) is 189 cm³/mol. The third-order valence-corrected chi connectivity index (χ3v) is 10.5. The number of carbonyl (C=O) groups is 2. The SMILES string of the molecule is CCN1CCN(C(=O)C2(c3ccccc3)CCN(CC[C@H](CN(C)C(=O)c3cc(-n4cnnn4)ccc3OC)c3ccccc3)CC2)CC1. The van der Waals surface area contributed by atoms with Gasteiger partial charge in [0, 0.05) is 45.7 Å². The van der Waals surface area contributed by atoms with Crippen molar-refractivity contribution in [2.75, 3.05) is 73.1 Å². The number of likely N-dealkylation sites (tertiary alicyclic amines) is 1. The summed E-state index contributed by atoms with van der Waals surface area (Å²) in [5.74, 6) is 0.788. The molecular formula is C38H48N8O3. The lowest BCUT2D eigenvalue weighted by atomic mass is 9.71. The maximum absolute atomic E-state index is 14.3. The summed E-state index contributed by atoms with van der Waals surface area (Å²) in [7, 11) is 3.42. The Morgan fingerprint density at radius 2 is 1.59 bits per heavy atom. The molecule has 3 aromatic carbocycles. The van der Waals surface area contributed by atoms with E-state index >= 15 is 0 Å². The van der Waals surface area contributed by atoms with Crippen molar-refractivity contribution in [2.24, 2.45) is 0 Å². The summed E-state index contributed by atoms with van der Waals surface area (Å²) in [5, 5.41) is 11.4. The number of likely N-dealkylation sites (N-methyl/N-ethyl adjacent to an activating group) is 2. The van der Waals surface area contributed by atoms with Crippen molar-refractivity contribution < 1.29 is 14.3 Å². The van der Waals surface area contributed by atoms with Crippen molar-refractivity contribution in [1.82, 2.24) is 39.8 Å². The van der Waals surface area contributed by atoms with Gasteiger partial charge in [0.25, 0.3) is 5.91 Å². The van der Waals surface area contributed by atoms with Gasteiger partial charge in [-0.3, -0.25) is 9.59 Å². The van der Waals surface area contributed by atoms with E-state index in [-0.39, 0.29) is 17.7 Å². The fourth-order valence-corrected chi connectivity index (χ4v) is 7.44. The van der Waals surface area contributed by atoms with Crippen molar-refractivity contribution in [2.45, 2.75) is 37.5 Å². The molecule has 0 aliphatic carbocycles. The van der Waals surface area contributed by atoms with Gasteiger partial charge in [-0.15, -0.1) is 5.10 Å². The van der Waals surface area contributed by atoms with Crippen LogP contribution in [0.2, 0.25) is 0 Å². The van der Waals surface area contributed by atoms with Crippen LogP contribution in [0.5, 0.6) is 5.75 Å². The molecule has 0 spiro atoms. The third kappa shape index (κ3) is 7.68. The van der Waals surface area contributed by atoms with Gasteiger partial charge in [0.1, 0.15) is 12.1 Å². The van der Waals surface area contributed by atoms with Gasteiger partial charge in [0.15, 0.2) is 0 Å². The van der Waals surface area contributed by atoms with Gasteiger partial charge < -0.3 is 24.3 Å². The van der Waals surface area contributed by atoms with Crippen LogP contribution < -0.4 is 4.74 Å². The zero-order chi connectivity index (χ0) is 34.2. The van der Waals surface area contributed by atoms with Crippen molar-refractivity contribution in [3.8, 4) is 11.4 Å². The van der Waals surface area contributed by atoms with Gasteiger partial charge >= 0.3 is 0 Å². The molecule has 0 radical (unpaired) electrons. The van der Waals surface area contributed by atoms with Gasteiger partial charge in [0.05, 0.1) is 23.8 Å². The summed E-state index contributed by atoms with van der Waals surface area (Å²) < 4.78 is 7.10. The highest BCUT2D eigenvalue weighted by Gasteiger charge is 2.45. The number of piperidine rings is 1. The van der Waals surface area contributed by atoms with Crippen LogP contribution in [0.4, 0.5) is 0 Å². The van der Waals surface area contributed by atoms with Crippen LogP contribution in [0, 0.1) is 0 Å². The fourth-order valence-electron chi connectivity index (χ4n) is 7.44. The third-order valence-electron chi connectivity index (χ3n) is 10.5. The van der Waals surface area contributed by atoms with E-state index in [1.54, 1.807) is 24.1 Å². The van der Waals surface area contributed by atoms with Crippen molar-refractivity contribution in [3.05, 3.63) is 102 Å². The molecule has 6 rings (SSSR count). The molecule has 258 valence electrons. The second-order valence-electron chi connectivity index (χ2n) is 13.2. The standard InChI is InChI=1S/C38H48N8O3/c1-4-43-23-25-45(26-24-43)37(48)38(32-13-9-6-10-14-32)18-21-44(22-19-38)20-17-31(30-11-7-5-8-12-30)28-42(2)36(47)34-27-33(15-16-35(34)49-3)46-29-39-40-41-46/h5-16,27,29,31H,4,17-26,28H2,1-3H3/t31-/m1/s1. The quantitative estimate of drug-likeness (QED) is 0.223. The van der Waals surface area contributed by atoms with E-state index in [1.165, 1.54) is 16.6 Å². The van der Waals surface area contributed by atoms with E-state index < -0.39 is 5.41 Å². The molecule has 0 saturated carbocycles. The molecule has 1 atom stereocenters. The van der Waals surface area contributed by atoms with Gasteiger partial charge in [-0.2, -0.15) is 0 Å². The molecule has 2 amide bonds. The number of hydrogen-bond acceptors (Lipinski definition) is 8. The molecule has 0 N–H and O–H groups in total. The van der Waals surface area contributed by atoms with Crippen molar-refractivity contribution in [3.63, 3.8) is 0 Å². The molecule has 0 unspecified atom stereocenters. The first-order chi connectivity index (χ1) is 23.9. The maximum atomic E-state index is 14.3. The number of nitrogens with zero attached hydrogens (tertiary/aromatic N) is 8. The highest BCUT2D eigenvalue weighted by atomic mass is 16.5. The minimum atomic E-state index is -0.493. The number of aromatic nitrogens is 4. The Balaban J connectivity index is 1.14. The highest BCUT2D eigenvalue weighted by molar-refractivity contribution is 5.97. The van der Waals surface area contributed by atoms with Crippen LogP contribution >= 0.6 is 0 Å². The van der Waals surface area contributed by atoms with Crippen LogP contribution in [0.1, 0.15) is 53.6 Å². The molecule has 0 bridgehead atoms. The monoisotopic (exact) mass is 664 g/mol. The Morgan fingerprint density at radius 1 is 0.898 bits per heavy atom. The molecule has 2 aliphatic rings. The van der Waals surface area contributed by atoms with Crippen LogP contribution in [-0.4, -0.2) is 125 Å². The Kier molecular flexibility index (Phi) is 11.0. The van der Waals surface area contributed by atoms with Gasteiger partial charge in [-0.05, 0) is 85.2 Å². The summed E-state index contributed by atoms with van der Waals surface area (Å²) in [4.78, 5) is 37.0. The van der Waals surface area contributed by atoms with Crippen molar-refractivity contribution >= 4 is 11.8 Å². The van der Waals surface area contributed by atoms with Crippen LogP contribution in [0.3, 0.4) is 0 Å². The van der Waals surface area contributed by atoms with E-state index in [1.807, 2.05) is 25.2 Å². The zero-order valence-electron chi connectivity index (χ0n) is 28.9. The molecule has 1 aromatic heterocycles. The minimum Gasteiger partial charge on any atom is -0.496 e. The number of hydrogen-bond donors (Lipinski definition) is 0. The number of amides is 2. The second kappa shape index (κ2) is 15.7. The fraction of sp³-hybridized carbons (Fsp3) is 0.447. The molecular weight excluding hydrogens is 616 g/mol. The van der Waals surface area contributed by atoms with E-state index in [0.717, 1.165) is 77.2 Å². The lowest BCUT2D eigenvalue weighted by Crippen LogP contribution is -2.57. The van der Waals surface area contributed by atoms with Crippen LogP contribution in [-0.2, 0) is 10.2 Å². The number of rotatable bonds is 12. The van der Waals surface area contributed by atoms with Crippen LogP contribution in [0.15, 0.2) is 85.2 Å². The van der Waals surface area contributed by atoms with Crippen molar-refractivity contribution in [1.29, 1.82) is 0 Å². The molecule has 3 heterocycles. The predicted octanol–water partition coefficient (Wildman–Crippen LogP) is 4.11. The number of carbonyl (C=O) groups excluding carboxylic acids is 2. The van der Waals surface area contributed by atoms with E-state index in [9.17, 15) is 9.59 Å². The van der Waals surface area contributed by atoms with Gasteiger partial charge in [0.2, 0.25) is 5.91 Å². The van der Waals surface area contributed by atoms with Gasteiger partial charge in [-0.1, -0.05) is 67.6 Å². The number of benzene rings is 3. The lowest BCUT2D eigenvalue weighted by molar-refractivity contribution is -0.141. The first kappa shape index (κ1) is 34.3. The normalized spacial score (nSPS) is 17.4. The Bertz CT molecular complexity index is 1650. The number of piperazine rings is 1. The molecule has 11 nitrogen and oxygen atoms in total. The lowest BCUT2D eigenvalue weighted by Gasteiger charge is -2.45. The van der Waals surface area contributed by atoms with Crippen LogP contribution in [0.25, 0.3) is 5.69 Å². The van der Waals surface area contributed by atoms with E-state index in [0.29, 0.717) is 23.5 Å². The largest absolute Gasteiger partial charge is 0.496 e. The number of ether oxygens (including phenoxy) is 1. The average Bonchev–Trinajstić information content (AvgIpc) is 3.72. The summed E-state index contributed by atoms with van der Waals surface area (Å²) in [6.45, 7) is 9.82. The Labute approximate surface area is 289 Å². The molecule has 11 heteroatoms. The minimum absolute atomic E-state index is 0.126. The smallest absolute Gasteiger partial charge is 0.257 e. The highest BCUT2D eigenvalue weighted by Crippen LogP contribution is 2.38. The number of methoxy groups -OCH3 is 1. The second-order valence-corrected chi connectivity index (χ2v) is 13.2.